The smallest absolute Gasteiger partial charge is 0.261 e. The SMILES string of the molecule is CC(C)(C)/C=C(\C#N)C(=O)NC1CCCCC1.N=C(c1ccc(Oc2ccccc2)cc1)c1c(N)ncnc1N. The summed E-state index contributed by atoms with van der Waals surface area (Å²) < 4.78 is 5.72. The van der Waals surface area contributed by atoms with Crippen molar-refractivity contribution in [1.82, 2.24) is 15.3 Å². The highest BCUT2D eigenvalue weighted by molar-refractivity contribution is 6.15. The number of rotatable bonds is 6. The van der Waals surface area contributed by atoms with Crippen molar-refractivity contribution in [3.8, 4) is 17.6 Å². The van der Waals surface area contributed by atoms with Gasteiger partial charge < -0.3 is 21.5 Å². The minimum atomic E-state index is -0.214. The summed E-state index contributed by atoms with van der Waals surface area (Å²) in [4.78, 5) is 19.7. The highest BCUT2D eigenvalue weighted by atomic mass is 16.5. The van der Waals surface area contributed by atoms with Gasteiger partial charge in [0.05, 0.1) is 11.3 Å². The molecule has 1 fully saturated rings. The minimum Gasteiger partial charge on any atom is -0.457 e. The van der Waals surface area contributed by atoms with Crippen LogP contribution in [0.5, 0.6) is 11.5 Å². The number of carbonyl (C=O) groups is 1. The van der Waals surface area contributed by atoms with Crippen LogP contribution in [-0.2, 0) is 4.79 Å². The third-order valence-corrected chi connectivity index (χ3v) is 6.16. The van der Waals surface area contributed by atoms with E-state index in [-0.39, 0.29) is 40.3 Å². The van der Waals surface area contributed by atoms with E-state index in [0.29, 0.717) is 16.9 Å². The van der Waals surface area contributed by atoms with Gasteiger partial charge in [-0.3, -0.25) is 10.2 Å². The van der Waals surface area contributed by atoms with Crippen LogP contribution < -0.4 is 21.5 Å². The lowest BCUT2D eigenvalue weighted by Crippen LogP contribution is -2.37. The van der Waals surface area contributed by atoms with E-state index in [2.05, 4.69) is 15.3 Å². The van der Waals surface area contributed by atoms with Gasteiger partial charge in [-0.05, 0) is 54.7 Å². The molecule has 208 valence electrons. The monoisotopic (exact) mass is 539 g/mol. The maximum Gasteiger partial charge on any atom is 0.261 e. The third kappa shape index (κ3) is 8.95. The fourth-order valence-corrected chi connectivity index (χ4v) is 4.22. The molecule has 3 aromatic rings. The lowest BCUT2D eigenvalue weighted by atomic mass is 9.92. The zero-order valence-corrected chi connectivity index (χ0v) is 23.3. The summed E-state index contributed by atoms with van der Waals surface area (Å²) in [5.41, 5.74) is 12.8. The highest BCUT2D eigenvalue weighted by Gasteiger charge is 2.20. The quantitative estimate of drug-likeness (QED) is 0.175. The first-order valence-corrected chi connectivity index (χ1v) is 13.3. The molecule has 0 saturated heterocycles. The zero-order chi connectivity index (χ0) is 29.1. The number of hydrogen-bond donors (Lipinski definition) is 4. The van der Waals surface area contributed by atoms with Crippen LogP contribution in [0.4, 0.5) is 11.6 Å². The lowest BCUT2D eigenvalue weighted by Gasteiger charge is -2.23. The molecule has 1 aliphatic carbocycles. The summed E-state index contributed by atoms with van der Waals surface area (Å²) in [6.45, 7) is 5.95. The molecule has 1 saturated carbocycles. The summed E-state index contributed by atoms with van der Waals surface area (Å²) in [5, 5.41) is 20.2. The van der Waals surface area contributed by atoms with E-state index in [0.717, 1.165) is 18.6 Å². The summed E-state index contributed by atoms with van der Waals surface area (Å²) >= 11 is 0. The molecule has 1 aromatic heterocycles. The number of para-hydroxylation sites is 1. The van der Waals surface area contributed by atoms with Crippen LogP contribution in [0.15, 0.2) is 72.6 Å². The van der Waals surface area contributed by atoms with Gasteiger partial charge in [0.1, 0.15) is 41.1 Å². The standard InChI is InChI=1S/C17H15N5O.C14H22N2O/c18-15(14-16(19)21-10-22-17(14)20)11-6-8-13(9-7-11)23-12-4-2-1-3-5-12;1-14(2,3)9-11(10-15)13(17)16-12-7-5-4-6-8-12/h1-10,18H,(H4,19,20,21,22);9,12H,4-8H2,1-3H3,(H,16,17)/b;11-9+. The molecule has 0 radical (unpaired) electrons. The summed E-state index contributed by atoms with van der Waals surface area (Å²) in [5.74, 6) is 1.59. The van der Waals surface area contributed by atoms with Crippen LogP contribution in [0.2, 0.25) is 0 Å². The largest absolute Gasteiger partial charge is 0.457 e. The van der Waals surface area contributed by atoms with Gasteiger partial charge in [-0.2, -0.15) is 5.26 Å². The molecule has 0 bridgehead atoms. The van der Waals surface area contributed by atoms with Crippen LogP contribution in [0.1, 0.15) is 64.0 Å². The van der Waals surface area contributed by atoms with Gasteiger partial charge in [0, 0.05) is 11.6 Å². The van der Waals surface area contributed by atoms with E-state index < -0.39 is 0 Å². The first kappa shape index (κ1) is 29.8. The maximum atomic E-state index is 11.9. The van der Waals surface area contributed by atoms with E-state index in [1.807, 2.05) is 57.2 Å². The van der Waals surface area contributed by atoms with Crippen molar-refractivity contribution in [2.75, 3.05) is 11.5 Å². The number of aromatic nitrogens is 2. The van der Waals surface area contributed by atoms with Gasteiger partial charge in [0.2, 0.25) is 0 Å². The molecule has 6 N–H and O–H groups in total. The van der Waals surface area contributed by atoms with Crippen LogP contribution >= 0.6 is 0 Å². The topological polar surface area (TPSA) is 164 Å². The van der Waals surface area contributed by atoms with E-state index in [1.54, 1.807) is 30.3 Å². The van der Waals surface area contributed by atoms with Gasteiger partial charge >= 0.3 is 0 Å². The molecule has 1 heterocycles. The number of nitrogens with one attached hydrogen (secondary N) is 2. The predicted molar refractivity (Wildman–Crippen MR) is 158 cm³/mol. The van der Waals surface area contributed by atoms with Crippen molar-refractivity contribution >= 4 is 23.3 Å². The number of anilines is 2. The first-order chi connectivity index (χ1) is 19.1. The van der Waals surface area contributed by atoms with Crippen molar-refractivity contribution < 1.29 is 9.53 Å². The van der Waals surface area contributed by atoms with Gasteiger partial charge in [0.15, 0.2) is 0 Å². The summed E-state index contributed by atoms with van der Waals surface area (Å²) in [6.07, 6.45) is 8.71. The summed E-state index contributed by atoms with van der Waals surface area (Å²) in [7, 11) is 0. The molecular formula is C31H37N7O2. The van der Waals surface area contributed by atoms with Crippen molar-refractivity contribution in [3.63, 3.8) is 0 Å². The number of ether oxygens (including phenoxy) is 1. The Morgan fingerprint density at radius 2 is 1.57 bits per heavy atom. The van der Waals surface area contributed by atoms with Crippen molar-refractivity contribution in [1.29, 1.82) is 10.7 Å². The first-order valence-electron chi connectivity index (χ1n) is 13.3. The van der Waals surface area contributed by atoms with E-state index in [9.17, 15) is 4.79 Å². The fourth-order valence-electron chi connectivity index (χ4n) is 4.22. The Hall–Kier alpha value is -4.71. The molecule has 1 amide bonds. The fraction of sp³-hybridized carbons (Fsp3) is 0.323. The molecule has 0 aliphatic heterocycles. The van der Waals surface area contributed by atoms with Crippen molar-refractivity contribution in [3.05, 3.63) is 83.7 Å². The molecule has 0 atom stereocenters. The third-order valence-electron chi connectivity index (χ3n) is 6.16. The lowest BCUT2D eigenvalue weighted by molar-refractivity contribution is -0.118. The van der Waals surface area contributed by atoms with E-state index in [1.165, 1.54) is 25.6 Å². The number of nitrogens with two attached hydrogens (primary N) is 2. The summed E-state index contributed by atoms with van der Waals surface area (Å²) in [6, 6.07) is 18.8. The Labute approximate surface area is 235 Å². The number of nitrogen functional groups attached to an aromatic ring is 2. The maximum absolute atomic E-state index is 11.9. The molecule has 0 unspecified atom stereocenters. The van der Waals surface area contributed by atoms with Crippen molar-refractivity contribution in [2.24, 2.45) is 5.41 Å². The second kappa shape index (κ2) is 13.9. The average Bonchev–Trinajstić information content (AvgIpc) is 2.93. The Morgan fingerprint density at radius 3 is 2.12 bits per heavy atom. The molecular weight excluding hydrogens is 502 g/mol. The van der Waals surface area contributed by atoms with E-state index >= 15 is 0 Å². The molecule has 4 rings (SSSR count). The van der Waals surface area contributed by atoms with E-state index in [4.69, 9.17) is 26.9 Å². The second-order valence-corrected chi connectivity index (χ2v) is 10.7. The van der Waals surface area contributed by atoms with Crippen LogP contribution in [0.25, 0.3) is 0 Å². The normalized spacial score (nSPS) is 13.8. The Kier molecular flexibility index (Phi) is 10.4. The van der Waals surface area contributed by atoms with Gasteiger partial charge in [-0.15, -0.1) is 0 Å². The number of hydrogen-bond acceptors (Lipinski definition) is 8. The van der Waals surface area contributed by atoms with Crippen LogP contribution in [0, 0.1) is 22.2 Å². The molecule has 9 nitrogen and oxygen atoms in total. The van der Waals surface area contributed by atoms with Crippen molar-refractivity contribution in [2.45, 2.75) is 58.9 Å². The Balaban J connectivity index is 0.000000232. The zero-order valence-electron chi connectivity index (χ0n) is 23.3. The average molecular weight is 540 g/mol. The van der Waals surface area contributed by atoms with Gasteiger partial charge in [-0.25, -0.2) is 9.97 Å². The highest BCUT2D eigenvalue weighted by Crippen LogP contribution is 2.24. The van der Waals surface area contributed by atoms with Gasteiger partial charge in [0.25, 0.3) is 5.91 Å². The van der Waals surface area contributed by atoms with Crippen LogP contribution in [-0.4, -0.2) is 27.6 Å². The number of allylic oxidation sites excluding steroid dienone is 1. The molecule has 0 spiro atoms. The second-order valence-electron chi connectivity index (χ2n) is 10.7. The number of nitrogens with zero attached hydrogens (tertiary/aromatic N) is 3. The van der Waals surface area contributed by atoms with Crippen LogP contribution in [0.3, 0.4) is 0 Å². The Bertz CT molecular complexity index is 1350. The molecule has 9 heteroatoms. The molecule has 40 heavy (non-hydrogen) atoms. The molecule has 1 aliphatic rings. The number of benzene rings is 2. The van der Waals surface area contributed by atoms with Gasteiger partial charge in [-0.1, -0.05) is 64.3 Å². The molecule has 2 aromatic carbocycles. The number of amides is 1. The minimum absolute atomic E-state index is 0.144. The Morgan fingerprint density at radius 1 is 1.00 bits per heavy atom. The number of nitriles is 1. The predicted octanol–water partition coefficient (Wildman–Crippen LogP) is 5.78. The number of carbonyl (C=O) groups excluding carboxylic acids is 1.